The highest BCUT2D eigenvalue weighted by molar-refractivity contribution is 4.76. The molecular weight excluding hydrogens is 140 g/mol. The van der Waals surface area contributed by atoms with Crippen LogP contribution in [0.5, 0.6) is 0 Å². The third-order valence-corrected chi connectivity index (χ3v) is 2.36. The van der Waals surface area contributed by atoms with Crippen LogP contribution in [0.2, 0.25) is 0 Å². The Hall–Kier alpha value is -0.120. The van der Waals surface area contributed by atoms with Gasteiger partial charge < -0.3 is 10.0 Å². The van der Waals surface area contributed by atoms with E-state index in [0.717, 1.165) is 26.2 Å². The Morgan fingerprint density at radius 1 is 1.45 bits per heavy atom. The standard InChI is InChI=1S/C8H18N2O/c1-8-7-9(2)3-4-10(8)5-6-11/h8,11H,3-7H2,1-2H3/t8-/m1/s1. The highest BCUT2D eigenvalue weighted by Gasteiger charge is 2.19. The largest absolute Gasteiger partial charge is 0.395 e. The number of rotatable bonds is 2. The number of aliphatic hydroxyl groups excluding tert-OH is 1. The fourth-order valence-corrected chi connectivity index (χ4v) is 1.64. The molecule has 1 fully saturated rings. The van der Waals surface area contributed by atoms with Gasteiger partial charge in [0, 0.05) is 32.2 Å². The predicted octanol–water partition coefficient (Wildman–Crippen LogP) is -0.385. The Labute approximate surface area is 68.6 Å². The molecule has 1 saturated heterocycles. The monoisotopic (exact) mass is 158 g/mol. The Balaban J connectivity index is 2.31. The molecule has 3 heteroatoms. The van der Waals surface area contributed by atoms with E-state index >= 15 is 0 Å². The summed E-state index contributed by atoms with van der Waals surface area (Å²) < 4.78 is 0. The van der Waals surface area contributed by atoms with E-state index in [4.69, 9.17) is 5.11 Å². The number of aliphatic hydroxyl groups is 1. The summed E-state index contributed by atoms with van der Waals surface area (Å²) in [6, 6.07) is 0.598. The van der Waals surface area contributed by atoms with Gasteiger partial charge in [0.25, 0.3) is 0 Å². The lowest BCUT2D eigenvalue weighted by Gasteiger charge is -2.37. The van der Waals surface area contributed by atoms with Crippen molar-refractivity contribution in [2.24, 2.45) is 0 Å². The summed E-state index contributed by atoms with van der Waals surface area (Å²) in [5, 5.41) is 8.75. The molecule has 0 unspecified atom stereocenters. The van der Waals surface area contributed by atoms with E-state index in [9.17, 15) is 0 Å². The van der Waals surface area contributed by atoms with Crippen molar-refractivity contribution in [1.82, 2.24) is 9.80 Å². The second-order valence-corrected chi connectivity index (χ2v) is 3.37. The van der Waals surface area contributed by atoms with Crippen molar-refractivity contribution in [3.8, 4) is 0 Å². The van der Waals surface area contributed by atoms with Crippen LogP contribution in [-0.2, 0) is 0 Å². The molecule has 0 radical (unpaired) electrons. The number of piperazine rings is 1. The van der Waals surface area contributed by atoms with Crippen molar-refractivity contribution in [2.75, 3.05) is 39.8 Å². The average molecular weight is 158 g/mol. The third kappa shape index (κ3) is 2.43. The molecule has 1 aliphatic rings. The lowest BCUT2D eigenvalue weighted by molar-refractivity contribution is 0.0820. The summed E-state index contributed by atoms with van der Waals surface area (Å²) in [5.74, 6) is 0. The zero-order valence-electron chi connectivity index (χ0n) is 7.45. The van der Waals surface area contributed by atoms with Gasteiger partial charge in [-0.2, -0.15) is 0 Å². The van der Waals surface area contributed by atoms with Gasteiger partial charge in [0.15, 0.2) is 0 Å². The molecule has 0 saturated carbocycles. The maximum atomic E-state index is 8.75. The van der Waals surface area contributed by atoms with Gasteiger partial charge in [-0.05, 0) is 14.0 Å². The van der Waals surface area contributed by atoms with Gasteiger partial charge >= 0.3 is 0 Å². The number of β-amino-alcohol motifs (C(OH)–C–C–N with tert-alkyl or cyclic N) is 1. The zero-order chi connectivity index (χ0) is 8.27. The van der Waals surface area contributed by atoms with E-state index in [-0.39, 0.29) is 6.61 Å². The molecule has 1 aliphatic heterocycles. The minimum Gasteiger partial charge on any atom is -0.395 e. The molecule has 11 heavy (non-hydrogen) atoms. The maximum Gasteiger partial charge on any atom is 0.0558 e. The van der Waals surface area contributed by atoms with Crippen LogP contribution in [0, 0.1) is 0 Å². The van der Waals surface area contributed by atoms with Gasteiger partial charge in [-0.25, -0.2) is 0 Å². The molecule has 0 aromatic heterocycles. The number of hydrogen-bond donors (Lipinski definition) is 1. The van der Waals surface area contributed by atoms with Gasteiger partial charge in [0.1, 0.15) is 0 Å². The lowest BCUT2D eigenvalue weighted by Crippen LogP contribution is -2.51. The van der Waals surface area contributed by atoms with Crippen LogP contribution in [-0.4, -0.2) is 60.8 Å². The molecule has 66 valence electrons. The average Bonchev–Trinajstić information content (AvgIpc) is 1.95. The Kier molecular flexibility index (Phi) is 3.30. The molecule has 0 spiro atoms. The van der Waals surface area contributed by atoms with Crippen molar-refractivity contribution in [2.45, 2.75) is 13.0 Å². The minimum atomic E-state index is 0.286. The van der Waals surface area contributed by atoms with E-state index in [1.807, 2.05) is 0 Å². The molecule has 1 atom stereocenters. The molecule has 0 amide bonds. The van der Waals surface area contributed by atoms with Crippen LogP contribution in [0.15, 0.2) is 0 Å². The van der Waals surface area contributed by atoms with E-state index in [1.54, 1.807) is 0 Å². The summed E-state index contributed by atoms with van der Waals surface area (Å²) in [6.45, 7) is 6.68. The fraction of sp³-hybridized carbons (Fsp3) is 1.00. The van der Waals surface area contributed by atoms with Crippen LogP contribution in [0.4, 0.5) is 0 Å². The van der Waals surface area contributed by atoms with Crippen molar-refractivity contribution in [3.63, 3.8) is 0 Å². The van der Waals surface area contributed by atoms with Crippen molar-refractivity contribution >= 4 is 0 Å². The van der Waals surface area contributed by atoms with E-state index in [1.165, 1.54) is 0 Å². The van der Waals surface area contributed by atoms with E-state index in [0.29, 0.717) is 6.04 Å². The first-order valence-electron chi connectivity index (χ1n) is 4.27. The topological polar surface area (TPSA) is 26.7 Å². The van der Waals surface area contributed by atoms with Crippen LogP contribution in [0.25, 0.3) is 0 Å². The summed E-state index contributed by atoms with van der Waals surface area (Å²) in [7, 11) is 2.15. The van der Waals surface area contributed by atoms with E-state index < -0.39 is 0 Å². The Morgan fingerprint density at radius 2 is 2.18 bits per heavy atom. The minimum absolute atomic E-state index is 0.286. The molecular formula is C8H18N2O. The first-order chi connectivity index (χ1) is 5.24. The quantitative estimate of drug-likeness (QED) is 0.593. The molecule has 0 aromatic rings. The second-order valence-electron chi connectivity index (χ2n) is 3.37. The number of likely N-dealkylation sites (N-methyl/N-ethyl adjacent to an activating group) is 1. The Bertz CT molecular complexity index is 119. The first-order valence-corrected chi connectivity index (χ1v) is 4.27. The SMILES string of the molecule is C[C@@H]1CN(C)CCN1CCO. The maximum absolute atomic E-state index is 8.75. The van der Waals surface area contributed by atoms with Gasteiger partial charge in [-0.15, -0.1) is 0 Å². The Morgan fingerprint density at radius 3 is 2.73 bits per heavy atom. The molecule has 1 heterocycles. The highest BCUT2D eigenvalue weighted by atomic mass is 16.3. The van der Waals surface area contributed by atoms with Gasteiger partial charge in [-0.1, -0.05) is 0 Å². The van der Waals surface area contributed by atoms with Gasteiger partial charge in [0.2, 0.25) is 0 Å². The highest BCUT2D eigenvalue weighted by Crippen LogP contribution is 2.06. The summed E-state index contributed by atoms with van der Waals surface area (Å²) in [6.07, 6.45) is 0. The predicted molar refractivity (Wildman–Crippen MR) is 45.6 cm³/mol. The molecule has 3 nitrogen and oxygen atoms in total. The summed E-state index contributed by atoms with van der Waals surface area (Å²) >= 11 is 0. The smallest absolute Gasteiger partial charge is 0.0558 e. The van der Waals surface area contributed by atoms with Crippen LogP contribution in [0.3, 0.4) is 0 Å². The first kappa shape index (κ1) is 8.97. The number of nitrogens with zero attached hydrogens (tertiary/aromatic N) is 2. The molecule has 0 bridgehead atoms. The molecule has 1 N–H and O–H groups in total. The molecule has 0 aromatic carbocycles. The van der Waals surface area contributed by atoms with E-state index in [2.05, 4.69) is 23.8 Å². The van der Waals surface area contributed by atoms with Crippen LogP contribution >= 0.6 is 0 Å². The second kappa shape index (κ2) is 4.04. The van der Waals surface area contributed by atoms with Crippen LogP contribution < -0.4 is 0 Å². The fourth-order valence-electron chi connectivity index (χ4n) is 1.64. The van der Waals surface area contributed by atoms with Crippen LogP contribution in [0.1, 0.15) is 6.92 Å². The van der Waals surface area contributed by atoms with Crippen molar-refractivity contribution in [3.05, 3.63) is 0 Å². The summed E-state index contributed by atoms with van der Waals surface area (Å²) in [4.78, 5) is 4.67. The third-order valence-electron chi connectivity index (χ3n) is 2.36. The molecule has 1 rings (SSSR count). The summed E-state index contributed by atoms with van der Waals surface area (Å²) in [5.41, 5.74) is 0. The van der Waals surface area contributed by atoms with Crippen molar-refractivity contribution in [1.29, 1.82) is 0 Å². The van der Waals surface area contributed by atoms with Gasteiger partial charge in [0.05, 0.1) is 6.61 Å². The van der Waals surface area contributed by atoms with Crippen molar-refractivity contribution < 1.29 is 5.11 Å². The molecule has 0 aliphatic carbocycles. The lowest BCUT2D eigenvalue weighted by atomic mass is 10.2. The zero-order valence-corrected chi connectivity index (χ0v) is 7.45. The number of hydrogen-bond acceptors (Lipinski definition) is 3. The normalized spacial score (nSPS) is 29.2. The van der Waals surface area contributed by atoms with Gasteiger partial charge in [-0.3, -0.25) is 4.90 Å².